The first-order valence-electron chi connectivity index (χ1n) is 1.13. The third-order valence-corrected chi connectivity index (χ3v) is 0. The van der Waals surface area contributed by atoms with Gasteiger partial charge in [-0.25, -0.2) is 18.3 Å². The fraction of sp³-hybridized carbons (Fsp3) is 0. The minimum atomic E-state index is -3.12. The average Bonchev–Trinajstić information content (AvgIpc) is 1.25. The SMILES string of the molecule is O=P(=O)O.O=P(=O)O.[V]. The molecule has 0 bridgehead atoms. The third-order valence-electron chi connectivity index (χ3n) is 0. The molecule has 0 saturated heterocycles. The van der Waals surface area contributed by atoms with E-state index in [0.717, 1.165) is 0 Å². The molecule has 0 atom stereocenters. The maximum atomic E-state index is 8.59. The van der Waals surface area contributed by atoms with E-state index < -0.39 is 15.8 Å². The summed E-state index contributed by atoms with van der Waals surface area (Å²) in [6.07, 6.45) is 0. The fourth-order valence-corrected chi connectivity index (χ4v) is 0. The number of rotatable bonds is 0. The molecule has 0 aromatic heterocycles. The van der Waals surface area contributed by atoms with E-state index in [1.54, 1.807) is 0 Å². The summed E-state index contributed by atoms with van der Waals surface area (Å²) in [6.45, 7) is 0. The molecule has 0 heterocycles. The molecule has 0 aromatic carbocycles. The fourth-order valence-electron chi connectivity index (χ4n) is 0. The molecule has 0 unspecified atom stereocenters. The monoisotopic (exact) mass is 211 g/mol. The van der Waals surface area contributed by atoms with Crippen LogP contribution in [0.15, 0.2) is 0 Å². The van der Waals surface area contributed by atoms with E-state index in [-0.39, 0.29) is 18.6 Å². The Hall–Kier alpha value is 0.304. The maximum Gasteiger partial charge on any atom is 0.465 e. The van der Waals surface area contributed by atoms with E-state index in [4.69, 9.17) is 28.0 Å². The zero-order chi connectivity index (χ0) is 7.15. The molecule has 6 nitrogen and oxygen atoms in total. The van der Waals surface area contributed by atoms with Crippen molar-refractivity contribution >= 4 is 15.8 Å². The molecular weight excluding hydrogens is 209 g/mol. The van der Waals surface area contributed by atoms with E-state index in [1.807, 2.05) is 0 Å². The molecule has 0 aliphatic rings. The van der Waals surface area contributed by atoms with E-state index in [1.165, 1.54) is 0 Å². The van der Waals surface area contributed by atoms with Crippen LogP contribution in [0.2, 0.25) is 0 Å². The van der Waals surface area contributed by atoms with Crippen molar-refractivity contribution in [2.75, 3.05) is 0 Å². The molecule has 0 aromatic rings. The summed E-state index contributed by atoms with van der Waals surface area (Å²) in [5.74, 6) is 0. The maximum absolute atomic E-state index is 8.59. The molecule has 53 valence electrons. The summed E-state index contributed by atoms with van der Waals surface area (Å²) in [6, 6.07) is 0. The Kier molecular flexibility index (Phi) is 20.0. The largest absolute Gasteiger partial charge is 0.465 e. The van der Waals surface area contributed by atoms with E-state index >= 15 is 0 Å². The van der Waals surface area contributed by atoms with Crippen molar-refractivity contribution in [3.63, 3.8) is 0 Å². The molecule has 0 fully saturated rings. The van der Waals surface area contributed by atoms with Crippen molar-refractivity contribution < 1.29 is 46.6 Å². The standard InChI is InChI=1S/2HO3P.V/c2*1-4(2)3;/h2*(H,1,2,3);. The van der Waals surface area contributed by atoms with Gasteiger partial charge in [0.15, 0.2) is 0 Å². The second-order valence-corrected chi connectivity index (χ2v) is 1.43. The van der Waals surface area contributed by atoms with Crippen molar-refractivity contribution in [3.05, 3.63) is 0 Å². The van der Waals surface area contributed by atoms with Gasteiger partial charge in [-0.15, -0.1) is 0 Å². The number of hydrogen-bond acceptors (Lipinski definition) is 4. The van der Waals surface area contributed by atoms with Gasteiger partial charge in [0, 0.05) is 18.6 Å². The van der Waals surface area contributed by atoms with Gasteiger partial charge in [0.05, 0.1) is 0 Å². The third kappa shape index (κ3) is 3560. The Morgan fingerprint density at radius 3 is 0.778 bits per heavy atom. The molecule has 9 heavy (non-hydrogen) atoms. The topological polar surface area (TPSA) is 109 Å². The summed E-state index contributed by atoms with van der Waals surface area (Å²) < 4.78 is 34.4. The summed E-state index contributed by atoms with van der Waals surface area (Å²) in [4.78, 5) is 14.0. The predicted octanol–water partition coefficient (Wildman–Crippen LogP) is 0.131. The second kappa shape index (κ2) is 11.1. The average molecular weight is 211 g/mol. The first-order valence-corrected chi connectivity index (χ1v) is 3.39. The summed E-state index contributed by atoms with van der Waals surface area (Å²) in [5.41, 5.74) is 0. The van der Waals surface area contributed by atoms with Gasteiger partial charge in [0.2, 0.25) is 0 Å². The smallest absolute Gasteiger partial charge is 0.287 e. The molecule has 0 amide bonds. The van der Waals surface area contributed by atoms with Crippen molar-refractivity contribution in [3.8, 4) is 0 Å². The molecule has 2 N–H and O–H groups in total. The van der Waals surface area contributed by atoms with E-state index in [0.29, 0.717) is 0 Å². The normalized spacial score (nSPS) is 5.56. The van der Waals surface area contributed by atoms with Crippen LogP contribution in [0.3, 0.4) is 0 Å². The zero-order valence-corrected chi connectivity index (χ0v) is 7.05. The van der Waals surface area contributed by atoms with Gasteiger partial charge < -0.3 is 0 Å². The summed E-state index contributed by atoms with van der Waals surface area (Å²) in [7, 11) is -6.24. The first kappa shape index (κ1) is 16.1. The molecule has 0 rings (SSSR count). The molecule has 0 spiro atoms. The van der Waals surface area contributed by atoms with Crippen molar-refractivity contribution in [1.29, 1.82) is 0 Å². The van der Waals surface area contributed by atoms with Crippen LogP contribution in [0.5, 0.6) is 0 Å². The Labute approximate surface area is 63.0 Å². The molecule has 9 heteroatoms. The second-order valence-electron chi connectivity index (χ2n) is 0.476. The molecule has 0 aliphatic heterocycles. The molecular formula is H2O6P2V. The van der Waals surface area contributed by atoms with Crippen molar-refractivity contribution in [2.24, 2.45) is 0 Å². The number of hydrogen-bond donors (Lipinski definition) is 2. The zero-order valence-electron chi connectivity index (χ0n) is 3.87. The van der Waals surface area contributed by atoms with Gasteiger partial charge in [0.1, 0.15) is 0 Å². The molecule has 1 radical (unpaired) electrons. The van der Waals surface area contributed by atoms with Gasteiger partial charge in [-0.3, -0.25) is 9.79 Å². The quantitative estimate of drug-likeness (QED) is 0.551. The van der Waals surface area contributed by atoms with Gasteiger partial charge in [-0.05, 0) is 0 Å². The Balaban J connectivity index is -0.0000000720. The van der Waals surface area contributed by atoms with Crippen LogP contribution in [0.1, 0.15) is 0 Å². The Bertz CT molecular complexity index is 128. The minimum absolute atomic E-state index is 0. The van der Waals surface area contributed by atoms with Crippen LogP contribution >= 0.6 is 15.8 Å². The van der Waals surface area contributed by atoms with Crippen LogP contribution in [-0.4, -0.2) is 9.79 Å². The van der Waals surface area contributed by atoms with E-state index in [2.05, 4.69) is 0 Å². The predicted molar refractivity (Wildman–Crippen MR) is 21.0 cm³/mol. The van der Waals surface area contributed by atoms with Crippen LogP contribution in [-0.2, 0) is 36.8 Å². The van der Waals surface area contributed by atoms with Gasteiger partial charge in [-0.1, -0.05) is 0 Å². The van der Waals surface area contributed by atoms with Gasteiger partial charge >= 0.3 is 15.8 Å². The van der Waals surface area contributed by atoms with Crippen LogP contribution < -0.4 is 0 Å². The Morgan fingerprint density at radius 2 is 0.778 bits per heavy atom. The van der Waals surface area contributed by atoms with Crippen LogP contribution in [0.25, 0.3) is 0 Å². The van der Waals surface area contributed by atoms with Crippen molar-refractivity contribution in [1.82, 2.24) is 0 Å². The van der Waals surface area contributed by atoms with E-state index in [9.17, 15) is 0 Å². The molecule has 0 aliphatic carbocycles. The first-order chi connectivity index (χ1) is 3.46. The van der Waals surface area contributed by atoms with Gasteiger partial charge in [0.25, 0.3) is 0 Å². The molecule has 0 saturated carbocycles. The summed E-state index contributed by atoms with van der Waals surface area (Å²) >= 11 is 0. The van der Waals surface area contributed by atoms with Gasteiger partial charge in [-0.2, -0.15) is 0 Å². The summed E-state index contributed by atoms with van der Waals surface area (Å²) in [5, 5.41) is 0. The minimum Gasteiger partial charge on any atom is -0.287 e. The van der Waals surface area contributed by atoms with Crippen molar-refractivity contribution in [2.45, 2.75) is 0 Å². The van der Waals surface area contributed by atoms with Crippen LogP contribution in [0, 0.1) is 0 Å². The van der Waals surface area contributed by atoms with Crippen LogP contribution in [0.4, 0.5) is 0 Å². The Morgan fingerprint density at radius 1 is 0.778 bits per heavy atom.